The van der Waals surface area contributed by atoms with Crippen molar-refractivity contribution in [3.8, 4) is 0 Å². The van der Waals surface area contributed by atoms with Crippen LogP contribution in [0.3, 0.4) is 0 Å². The van der Waals surface area contributed by atoms with Gasteiger partial charge >= 0.3 is 6.09 Å². The summed E-state index contributed by atoms with van der Waals surface area (Å²) >= 11 is 0. The van der Waals surface area contributed by atoms with Gasteiger partial charge in [0, 0.05) is 14.1 Å². The van der Waals surface area contributed by atoms with Gasteiger partial charge < -0.3 is 9.64 Å². The second-order valence-electron chi connectivity index (χ2n) is 6.04. The summed E-state index contributed by atoms with van der Waals surface area (Å²) in [6.07, 6.45) is 12.5. The van der Waals surface area contributed by atoms with Gasteiger partial charge in [-0.15, -0.1) is 0 Å². The molecule has 0 aromatic carbocycles. The molecular formula is C17H35NO2. The second-order valence-corrected chi connectivity index (χ2v) is 6.04. The van der Waals surface area contributed by atoms with Crippen LogP contribution in [0.4, 0.5) is 4.79 Å². The summed E-state index contributed by atoms with van der Waals surface area (Å²) in [7, 11) is 3.47. The molecule has 0 aromatic rings. The molecule has 0 aromatic heterocycles. The number of rotatable bonds is 12. The molecule has 0 fully saturated rings. The number of hydrogen-bond acceptors (Lipinski definition) is 2. The lowest BCUT2D eigenvalue weighted by Crippen LogP contribution is -2.25. The van der Waals surface area contributed by atoms with E-state index in [0.717, 1.165) is 0 Å². The van der Waals surface area contributed by atoms with Gasteiger partial charge in [-0.3, -0.25) is 0 Å². The third kappa shape index (κ3) is 11.1. The molecule has 0 radical (unpaired) electrons. The zero-order valence-corrected chi connectivity index (χ0v) is 14.1. The topological polar surface area (TPSA) is 29.5 Å². The summed E-state index contributed by atoms with van der Waals surface area (Å²) in [5, 5.41) is 0. The lowest BCUT2D eigenvalue weighted by molar-refractivity contribution is 0.0965. The van der Waals surface area contributed by atoms with Gasteiger partial charge in [-0.05, 0) is 18.8 Å². The molecule has 0 unspecified atom stereocenters. The third-order valence-electron chi connectivity index (χ3n) is 3.74. The summed E-state index contributed by atoms with van der Waals surface area (Å²) in [5.41, 5.74) is 0. The first-order chi connectivity index (χ1) is 9.61. The molecule has 0 spiro atoms. The maximum absolute atomic E-state index is 11.5. The molecule has 120 valence electrons. The average molecular weight is 285 g/mol. The van der Waals surface area contributed by atoms with E-state index in [1.807, 2.05) is 0 Å². The van der Waals surface area contributed by atoms with Crippen LogP contribution in [-0.4, -0.2) is 31.7 Å². The smallest absolute Gasteiger partial charge is 0.409 e. The van der Waals surface area contributed by atoms with Gasteiger partial charge in [-0.2, -0.15) is 0 Å². The van der Waals surface area contributed by atoms with Crippen molar-refractivity contribution < 1.29 is 9.53 Å². The zero-order chi connectivity index (χ0) is 15.2. The molecule has 3 nitrogen and oxygen atoms in total. The summed E-state index contributed by atoms with van der Waals surface area (Å²) < 4.78 is 5.37. The highest BCUT2D eigenvalue weighted by atomic mass is 16.6. The van der Waals surface area contributed by atoms with Crippen molar-refractivity contribution >= 4 is 6.09 Å². The van der Waals surface area contributed by atoms with Crippen molar-refractivity contribution in [3.05, 3.63) is 0 Å². The number of hydrogen-bond donors (Lipinski definition) is 0. The monoisotopic (exact) mass is 285 g/mol. The molecular weight excluding hydrogens is 250 g/mol. The van der Waals surface area contributed by atoms with E-state index in [-0.39, 0.29) is 6.09 Å². The van der Waals surface area contributed by atoms with Crippen molar-refractivity contribution in [2.75, 3.05) is 20.7 Å². The predicted molar refractivity (Wildman–Crippen MR) is 86.0 cm³/mol. The van der Waals surface area contributed by atoms with Gasteiger partial charge in [0.2, 0.25) is 0 Å². The van der Waals surface area contributed by atoms with Crippen LogP contribution in [0.5, 0.6) is 0 Å². The van der Waals surface area contributed by atoms with E-state index in [1.54, 1.807) is 14.1 Å². The Labute approximate surface area is 126 Å². The molecule has 0 aliphatic carbocycles. The summed E-state index contributed by atoms with van der Waals surface area (Å²) in [5.74, 6) is 0.549. The van der Waals surface area contributed by atoms with Crippen LogP contribution in [0.25, 0.3) is 0 Å². The SMILES string of the molecule is CCCCCCC(CCCCCC)COC(=O)N(C)C. The minimum atomic E-state index is -0.211. The van der Waals surface area contributed by atoms with E-state index in [0.29, 0.717) is 12.5 Å². The fourth-order valence-electron chi connectivity index (χ4n) is 2.35. The highest BCUT2D eigenvalue weighted by Crippen LogP contribution is 2.19. The van der Waals surface area contributed by atoms with Crippen molar-refractivity contribution in [1.82, 2.24) is 4.90 Å². The molecule has 0 saturated heterocycles. The van der Waals surface area contributed by atoms with Gasteiger partial charge in [0.1, 0.15) is 0 Å². The van der Waals surface area contributed by atoms with Crippen LogP contribution in [0.15, 0.2) is 0 Å². The Hall–Kier alpha value is -0.730. The van der Waals surface area contributed by atoms with Gasteiger partial charge in [0.25, 0.3) is 0 Å². The fourth-order valence-corrected chi connectivity index (χ4v) is 2.35. The van der Waals surface area contributed by atoms with E-state index in [9.17, 15) is 4.79 Å². The number of carbonyl (C=O) groups is 1. The first-order valence-electron chi connectivity index (χ1n) is 8.45. The third-order valence-corrected chi connectivity index (χ3v) is 3.74. The van der Waals surface area contributed by atoms with E-state index in [4.69, 9.17) is 4.74 Å². The zero-order valence-electron chi connectivity index (χ0n) is 14.1. The second kappa shape index (κ2) is 13.3. The Balaban J connectivity index is 3.93. The molecule has 1 amide bonds. The minimum absolute atomic E-state index is 0.211. The summed E-state index contributed by atoms with van der Waals surface area (Å²) in [4.78, 5) is 13.0. The number of ether oxygens (including phenoxy) is 1. The van der Waals surface area contributed by atoms with Crippen molar-refractivity contribution in [1.29, 1.82) is 0 Å². The number of unbranched alkanes of at least 4 members (excludes halogenated alkanes) is 6. The number of amides is 1. The molecule has 0 aliphatic rings. The Morgan fingerprint density at radius 1 is 0.900 bits per heavy atom. The highest BCUT2D eigenvalue weighted by molar-refractivity contribution is 5.66. The molecule has 0 aliphatic heterocycles. The van der Waals surface area contributed by atoms with Crippen LogP contribution in [-0.2, 0) is 4.74 Å². The first kappa shape index (κ1) is 19.3. The van der Waals surface area contributed by atoms with Crippen LogP contribution >= 0.6 is 0 Å². The van der Waals surface area contributed by atoms with Crippen LogP contribution in [0.2, 0.25) is 0 Å². The summed E-state index contributed by atoms with van der Waals surface area (Å²) in [6.45, 7) is 5.07. The van der Waals surface area contributed by atoms with Crippen molar-refractivity contribution in [3.63, 3.8) is 0 Å². The van der Waals surface area contributed by atoms with Gasteiger partial charge in [-0.1, -0.05) is 65.2 Å². The van der Waals surface area contributed by atoms with Crippen LogP contribution < -0.4 is 0 Å². The average Bonchev–Trinajstić information content (AvgIpc) is 2.43. The highest BCUT2D eigenvalue weighted by Gasteiger charge is 2.12. The van der Waals surface area contributed by atoms with Gasteiger partial charge in [0.15, 0.2) is 0 Å². The quantitative estimate of drug-likeness (QED) is 0.459. The molecule has 0 heterocycles. The Kier molecular flexibility index (Phi) is 12.8. The number of nitrogens with zero attached hydrogens (tertiary/aromatic N) is 1. The molecule has 0 rings (SSSR count). The molecule has 0 atom stereocenters. The maximum Gasteiger partial charge on any atom is 0.409 e. The van der Waals surface area contributed by atoms with E-state index < -0.39 is 0 Å². The van der Waals surface area contributed by atoms with E-state index in [2.05, 4.69) is 13.8 Å². The molecule has 0 bridgehead atoms. The lowest BCUT2D eigenvalue weighted by Gasteiger charge is -2.18. The first-order valence-corrected chi connectivity index (χ1v) is 8.45. The van der Waals surface area contributed by atoms with Crippen molar-refractivity contribution in [2.24, 2.45) is 5.92 Å². The molecule has 0 saturated carbocycles. The Bertz CT molecular complexity index is 217. The largest absolute Gasteiger partial charge is 0.449 e. The predicted octanol–water partition coefficient (Wildman–Crippen LogP) is 5.24. The van der Waals surface area contributed by atoms with Gasteiger partial charge in [0.05, 0.1) is 6.61 Å². The molecule has 20 heavy (non-hydrogen) atoms. The van der Waals surface area contributed by atoms with Crippen LogP contribution in [0, 0.1) is 5.92 Å². The maximum atomic E-state index is 11.5. The van der Waals surface area contributed by atoms with E-state index in [1.165, 1.54) is 69.1 Å². The Morgan fingerprint density at radius 3 is 1.80 bits per heavy atom. The standard InChI is InChI=1S/C17H35NO2/c1-5-7-9-11-13-16(14-12-10-8-6-2)15-20-17(19)18(3)4/h16H,5-15H2,1-4H3. The normalized spacial score (nSPS) is 10.8. The van der Waals surface area contributed by atoms with Gasteiger partial charge in [-0.25, -0.2) is 4.79 Å². The Morgan fingerprint density at radius 2 is 1.40 bits per heavy atom. The lowest BCUT2D eigenvalue weighted by atomic mass is 9.95. The molecule has 3 heteroatoms. The van der Waals surface area contributed by atoms with Crippen LogP contribution in [0.1, 0.15) is 78.1 Å². The molecule has 0 N–H and O–H groups in total. The van der Waals surface area contributed by atoms with E-state index >= 15 is 0 Å². The number of carbonyl (C=O) groups excluding carboxylic acids is 1. The fraction of sp³-hybridized carbons (Fsp3) is 0.941. The summed E-state index contributed by atoms with van der Waals surface area (Å²) in [6, 6.07) is 0. The minimum Gasteiger partial charge on any atom is -0.449 e. The van der Waals surface area contributed by atoms with Crippen molar-refractivity contribution in [2.45, 2.75) is 78.1 Å².